The monoisotopic (exact) mass is 315 g/mol. The molecule has 0 spiro atoms. The van der Waals surface area contributed by atoms with E-state index in [2.05, 4.69) is 15.6 Å². The van der Waals surface area contributed by atoms with E-state index in [1.54, 1.807) is 18.3 Å². The van der Waals surface area contributed by atoms with Crippen molar-refractivity contribution in [1.29, 1.82) is 0 Å². The molecule has 1 aromatic carbocycles. The van der Waals surface area contributed by atoms with E-state index in [-0.39, 0.29) is 17.7 Å². The first kappa shape index (κ1) is 13.7. The molecule has 4 rings (SSSR count). The van der Waals surface area contributed by atoms with E-state index in [0.29, 0.717) is 17.0 Å². The molecule has 2 fully saturated rings. The van der Waals surface area contributed by atoms with Crippen molar-refractivity contribution < 1.29 is 9.90 Å². The fourth-order valence-corrected chi connectivity index (χ4v) is 4.21. The Kier molecular flexibility index (Phi) is 3.35. The summed E-state index contributed by atoms with van der Waals surface area (Å²) in [5.74, 6) is 0.717. The van der Waals surface area contributed by atoms with Gasteiger partial charge in [0.25, 0.3) is 5.91 Å². The molecule has 2 aliphatic rings. The van der Waals surface area contributed by atoms with Crippen LogP contribution >= 0.6 is 11.3 Å². The Morgan fingerprint density at radius 1 is 1.32 bits per heavy atom. The van der Waals surface area contributed by atoms with E-state index in [4.69, 9.17) is 0 Å². The molecule has 114 valence electrons. The quantitative estimate of drug-likeness (QED) is 0.810. The minimum absolute atomic E-state index is 0.0763. The predicted octanol–water partition coefficient (Wildman–Crippen LogP) is 2.00. The van der Waals surface area contributed by atoms with Crippen molar-refractivity contribution in [3.63, 3.8) is 0 Å². The van der Waals surface area contributed by atoms with Crippen molar-refractivity contribution in [2.75, 3.05) is 6.54 Å². The summed E-state index contributed by atoms with van der Waals surface area (Å²) in [5, 5.41) is 16.4. The van der Waals surface area contributed by atoms with E-state index < -0.39 is 0 Å². The molecule has 5 nitrogen and oxygen atoms in total. The molecule has 2 bridgehead atoms. The number of phenols is 1. The van der Waals surface area contributed by atoms with Gasteiger partial charge in [0.05, 0.1) is 4.88 Å². The van der Waals surface area contributed by atoms with Crippen LogP contribution in [0.15, 0.2) is 30.5 Å². The summed E-state index contributed by atoms with van der Waals surface area (Å²) in [6, 6.07) is 7.77. The van der Waals surface area contributed by atoms with Crippen molar-refractivity contribution in [3.8, 4) is 16.2 Å². The molecule has 1 amide bonds. The number of piperidine rings is 1. The summed E-state index contributed by atoms with van der Waals surface area (Å²) in [6.07, 6.45) is 3.91. The molecule has 3 atom stereocenters. The van der Waals surface area contributed by atoms with Crippen molar-refractivity contribution in [1.82, 2.24) is 15.6 Å². The van der Waals surface area contributed by atoms with E-state index in [0.717, 1.165) is 23.4 Å². The van der Waals surface area contributed by atoms with E-state index >= 15 is 0 Å². The zero-order valence-corrected chi connectivity index (χ0v) is 12.8. The third kappa shape index (κ3) is 2.48. The topological polar surface area (TPSA) is 74.2 Å². The number of thiazole rings is 1. The van der Waals surface area contributed by atoms with Crippen LogP contribution in [-0.4, -0.2) is 34.6 Å². The largest absolute Gasteiger partial charge is 0.508 e. The summed E-state index contributed by atoms with van der Waals surface area (Å²) >= 11 is 1.38. The number of aromatic hydroxyl groups is 1. The van der Waals surface area contributed by atoms with Crippen LogP contribution in [0.4, 0.5) is 0 Å². The van der Waals surface area contributed by atoms with Crippen LogP contribution in [0.25, 0.3) is 10.4 Å². The highest BCUT2D eigenvalue weighted by atomic mass is 32.1. The molecular formula is C16H17N3O2S. The Labute approximate surface area is 132 Å². The molecule has 22 heavy (non-hydrogen) atoms. The van der Waals surface area contributed by atoms with Gasteiger partial charge >= 0.3 is 0 Å². The van der Waals surface area contributed by atoms with Gasteiger partial charge in [-0.3, -0.25) is 4.79 Å². The van der Waals surface area contributed by atoms with Crippen LogP contribution in [-0.2, 0) is 0 Å². The van der Waals surface area contributed by atoms with Crippen molar-refractivity contribution in [2.45, 2.75) is 24.9 Å². The maximum Gasteiger partial charge on any atom is 0.280 e. The molecule has 1 aliphatic heterocycles. The number of nitrogens with one attached hydrogen (secondary N) is 2. The van der Waals surface area contributed by atoms with Crippen LogP contribution in [0.3, 0.4) is 0 Å². The first-order chi connectivity index (χ1) is 10.7. The number of fused-ring (bicyclic) bond motifs is 2. The molecular weight excluding hydrogens is 298 g/mol. The lowest BCUT2D eigenvalue weighted by atomic mass is 10.0. The van der Waals surface area contributed by atoms with Gasteiger partial charge in [0, 0.05) is 24.8 Å². The zero-order valence-electron chi connectivity index (χ0n) is 12.0. The summed E-state index contributed by atoms with van der Waals surface area (Å²) in [5.41, 5.74) is 0.957. The predicted molar refractivity (Wildman–Crippen MR) is 85.0 cm³/mol. The molecule has 6 heteroatoms. The Morgan fingerprint density at radius 3 is 2.82 bits per heavy atom. The first-order valence-electron chi connectivity index (χ1n) is 7.48. The van der Waals surface area contributed by atoms with Gasteiger partial charge in [0.2, 0.25) is 0 Å². The fraction of sp³-hybridized carbons (Fsp3) is 0.375. The zero-order chi connectivity index (χ0) is 15.1. The maximum atomic E-state index is 12.4. The summed E-state index contributed by atoms with van der Waals surface area (Å²) < 4.78 is 0. The van der Waals surface area contributed by atoms with Crippen LogP contribution in [0.5, 0.6) is 5.75 Å². The van der Waals surface area contributed by atoms with Gasteiger partial charge in [-0.05, 0) is 48.6 Å². The summed E-state index contributed by atoms with van der Waals surface area (Å²) in [7, 11) is 0. The van der Waals surface area contributed by atoms with E-state index in [1.165, 1.54) is 17.8 Å². The number of rotatable bonds is 3. The minimum atomic E-state index is -0.0763. The molecule has 2 aromatic rings. The van der Waals surface area contributed by atoms with Crippen molar-refractivity contribution in [3.05, 3.63) is 35.5 Å². The molecule has 3 N–H and O–H groups in total. The van der Waals surface area contributed by atoms with Crippen LogP contribution in [0, 0.1) is 5.92 Å². The average Bonchev–Trinajstić information content (AvgIpc) is 3.24. The second-order valence-corrected chi connectivity index (χ2v) is 7.02. The first-order valence-corrected chi connectivity index (χ1v) is 8.30. The standard InChI is InChI=1S/C16H17N3O2S/c20-12-3-1-9(2-4-12)14-8-18-16(22-14)15(21)19-13-6-11-5-10(13)7-17-11/h1-4,8,10-11,13,17,20H,5-7H2,(H,19,21). The highest BCUT2D eigenvalue weighted by Crippen LogP contribution is 2.32. The molecule has 1 aliphatic carbocycles. The van der Waals surface area contributed by atoms with Gasteiger partial charge in [0.15, 0.2) is 5.01 Å². The molecule has 1 saturated carbocycles. The Morgan fingerprint density at radius 2 is 2.14 bits per heavy atom. The number of nitrogens with zero attached hydrogens (tertiary/aromatic N) is 1. The SMILES string of the molecule is O=C(NC1CC2CC1CN2)c1ncc(-c2ccc(O)cc2)s1. The van der Waals surface area contributed by atoms with Crippen molar-refractivity contribution in [2.24, 2.45) is 5.92 Å². The number of benzene rings is 1. The highest BCUT2D eigenvalue weighted by Gasteiger charge is 2.40. The van der Waals surface area contributed by atoms with Gasteiger partial charge in [-0.1, -0.05) is 0 Å². The number of carbonyl (C=O) groups is 1. The van der Waals surface area contributed by atoms with Gasteiger partial charge in [0.1, 0.15) is 5.75 Å². The number of carbonyl (C=O) groups excluding carboxylic acids is 1. The number of hydrogen-bond donors (Lipinski definition) is 3. The molecule has 2 heterocycles. The third-order valence-corrected chi connectivity index (χ3v) is 5.58. The minimum Gasteiger partial charge on any atom is -0.508 e. The van der Waals surface area contributed by atoms with E-state index in [1.807, 2.05) is 12.1 Å². The molecule has 1 saturated heterocycles. The van der Waals surface area contributed by atoms with Crippen LogP contribution < -0.4 is 10.6 Å². The van der Waals surface area contributed by atoms with Gasteiger partial charge < -0.3 is 15.7 Å². The number of aromatic nitrogens is 1. The lowest BCUT2D eigenvalue weighted by Gasteiger charge is -2.22. The Balaban J connectivity index is 1.46. The molecule has 3 unspecified atom stereocenters. The number of phenolic OH excluding ortho intramolecular Hbond substituents is 1. The van der Waals surface area contributed by atoms with Gasteiger partial charge in [-0.25, -0.2) is 4.98 Å². The smallest absolute Gasteiger partial charge is 0.280 e. The van der Waals surface area contributed by atoms with Gasteiger partial charge in [-0.2, -0.15) is 0 Å². The average molecular weight is 315 g/mol. The second-order valence-electron chi connectivity index (χ2n) is 5.99. The normalized spacial score (nSPS) is 26.3. The lowest BCUT2D eigenvalue weighted by molar-refractivity contribution is 0.0924. The fourth-order valence-electron chi connectivity index (χ4n) is 3.38. The van der Waals surface area contributed by atoms with E-state index in [9.17, 15) is 9.90 Å². The van der Waals surface area contributed by atoms with Gasteiger partial charge in [-0.15, -0.1) is 11.3 Å². The third-order valence-electron chi connectivity index (χ3n) is 4.53. The van der Waals surface area contributed by atoms with Crippen LogP contribution in [0.1, 0.15) is 22.6 Å². The maximum absolute atomic E-state index is 12.4. The number of amides is 1. The highest BCUT2D eigenvalue weighted by molar-refractivity contribution is 7.16. The Bertz CT molecular complexity index is 698. The number of hydrogen-bond acceptors (Lipinski definition) is 5. The summed E-state index contributed by atoms with van der Waals surface area (Å²) in [4.78, 5) is 17.5. The lowest BCUT2D eigenvalue weighted by Crippen LogP contribution is -2.44. The molecule has 1 aromatic heterocycles. The second kappa shape index (κ2) is 5.37. The molecule has 0 radical (unpaired) electrons. The van der Waals surface area contributed by atoms with Crippen molar-refractivity contribution >= 4 is 17.2 Å². The Hall–Kier alpha value is -1.92. The summed E-state index contributed by atoms with van der Waals surface area (Å²) in [6.45, 7) is 1.01. The van der Waals surface area contributed by atoms with Crippen LogP contribution in [0.2, 0.25) is 0 Å².